The van der Waals surface area contributed by atoms with Crippen molar-refractivity contribution in [3.63, 3.8) is 0 Å². The van der Waals surface area contributed by atoms with E-state index in [1.807, 2.05) is 19.2 Å². The predicted molar refractivity (Wildman–Crippen MR) is 88.0 cm³/mol. The van der Waals surface area contributed by atoms with Crippen molar-refractivity contribution in [3.05, 3.63) is 53.2 Å². The second kappa shape index (κ2) is 6.17. The van der Waals surface area contributed by atoms with Gasteiger partial charge in [-0.2, -0.15) is 0 Å². The molecule has 2 aromatic rings. The third-order valence-electron chi connectivity index (χ3n) is 3.55. The van der Waals surface area contributed by atoms with Gasteiger partial charge in [-0.1, -0.05) is 39.0 Å². The van der Waals surface area contributed by atoms with Gasteiger partial charge in [0.25, 0.3) is 0 Å². The second-order valence-electron chi connectivity index (χ2n) is 6.28. The third kappa shape index (κ3) is 3.75. The van der Waals surface area contributed by atoms with Crippen molar-refractivity contribution in [3.8, 4) is 5.75 Å². The minimum Gasteiger partial charge on any atom is -0.488 e. The molecule has 0 aliphatic heterocycles. The Kier molecular flexibility index (Phi) is 4.51. The van der Waals surface area contributed by atoms with Gasteiger partial charge >= 0.3 is 0 Å². The predicted octanol–water partition coefficient (Wildman–Crippen LogP) is 4.31. The van der Waals surface area contributed by atoms with E-state index in [9.17, 15) is 0 Å². The highest BCUT2D eigenvalue weighted by molar-refractivity contribution is 5.43. The molecule has 3 heteroatoms. The van der Waals surface area contributed by atoms with Crippen molar-refractivity contribution in [2.24, 2.45) is 0 Å². The molecule has 0 saturated carbocycles. The van der Waals surface area contributed by atoms with Gasteiger partial charge in [0.1, 0.15) is 18.2 Å². The number of anilines is 1. The van der Waals surface area contributed by atoms with Gasteiger partial charge in [-0.25, -0.2) is 4.98 Å². The third-order valence-corrected chi connectivity index (χ3v) is 3.55. The van der Waals surface area contributed by atoms with Crippen LogP contribution in [0.4, 0.5) is 5.82 Å². The van der Waals surface area contributed by atoms with Crippen molar-refractivity contribution >= 4 is 5.82 Å². The van der Waals surface area contributed by atoms with E-state index in [0.29, 0.717) is 6.61 Å². The van der Waals surface area contributed by atoms with Crippen molar-refractivity contribution in [1.29, 1.82) is 0 Å². The first kappa shape index (κ1) is 15.4. The summed E-state index contributed by atoms with van der Waals surface area (Å²) in [6, 6.07) is 10.4. The van der Waals surface area contributed by atoms with E-state index in [0.717, 1.165) is 22.7 Å². The summed E-state index contributed by atoms with van der Waals surface area (Å²) in [7, 11) is 1.87. The zero-order valence-corrected chi connectivity index (χ0v) is 13.5. The van der Waals surface area contributed by atoms with E-state index in [1.54, 1.807) is 6.20 Å². The normalized spacial score (nSPS) is 11.3. The first-order chi connectivity index (χ1) is 9.91. The van der Waals surface area contributed by atoms with E-state index in [1.165, 1.54) is 5.56 Å². The van der Waals surface area contributed by atoms with Crippen molar-refractivity contribution < 1.29 is 4.74 Å². The number of nitrogens with one attached hydrogen (secondary N) is 1. The van der Waals surface area contributed by atoms with Crippen LogP contribution in [0.15, 0.2) is 36.5 Å². The molecule has 0 unspecified atom stereocenters. The summed E-state index contributed by atoms with van der Waals surface area (Å²) >= 11 is 0. The summed E-state index contributed by atoms with van der Waals surface area (Å²) in [4.78, 5) is 4.29. The van der Waals surface area contributed by atoms with Crippen LogP contribution in [-0.4, -0.2) is 12.0 Å². The number of benzene rings is 1. The molecule has 21 heavy (non-hydrogen) atoms. The van der Waals surface area contributed by atoms with Crippen LogP contribution in [0.2, 0.25) is 0 Å². The molecule has 2 rings (SSSR count). The first-order valence-corrected chi connectivity index (χ1v) is 7.27. The van der Waals surface area contributed by atoms with E-state index in [-0.39, 0.29) is 5.41 Å². The van der Waals surface area contributed by atoms with Crippen molar-refractivity contribution in [2.45, 2.75) is 39.7 Å². The molecule has 1 N–H and O–H groups in total. The molecule has 0 radical (unpaired) electrons. The average Bonchev–Trinajstić information content (AvgIpc) is 2.45. The number of aromatic nitrogens is 1. The molecular formula is C18H24N2O. The summed E-state index contributed by atoms with van der Waals surface area (Å²) in [6.45, 7) is 9.26. The lowest BCUT2D eigenvalue weighted by molar-refractivity contribution is 0.304. The molecular weight excluding hydrogens is 260 g/mol. The lowest BCUT2D eigenvalue weighted by Gasteiger charge is -2.20. The molecule has 1 aromatic carbocycles. The van der Waals surface area contributed by atoms with Gasteiger partial charge in [0.2, 0.25) is 0 Å². The molecule has 0 bridgehead atoms. The zero-order valence-electron chi connectivity index (χ0n) is 13.5. The van der Waals surface area contributed by atoms with Gasteiger partial charge in [0, 0.05) is 18.8 Å². The van der Waals surface area contributed by atoms with Gasteiger partial charge < -0.3 is 10.1 Å². The summed E-state index contributed by atoms with van der Waals surface area (Å²) in [6.07, 6.45) is 1.78. The largest absolute Gasteiger partial charge is 0.488 e. The molecule has 0 aliphatic carbocycles. The highest BCUT2D eigenvalue weighted by Gasteiger charge is 2.14. The lowest BCUT2D eigenvalue weighted by atomic mass is 9.86. The average molecular weight is 284 g/mol. The van der Waals surface area contributed by atoms with Crippen LogP contribution in [0.3, 0.4) is 0 Å². The van der Waals surface area contributed by atoms with Crippen LogP contribution in [0.1, 0.15) is 37.5 Å². The van der Waals surface area contributed by atoms with E-state index >= 15 is 0 Å². The lowest BCUT2D eigenvalue weighted by Crippen LogP contribution is -2.11. The van der Waals surface area contributed by atoms with E-state index < -0.39 is 0 Å². The standard InChI is InChI=1S/C18H24N2O/c1-13-11-15(18(2,3)4)8-9-16(13)21-12-14-7-6-10-20-17(14)19-5/h6-11H,12H2,1-5H3,(H,19,20). The molecule has 0 spiro atoms. The number of ether oxygens (including phenoxy) is 1. The van der Waals surface area contributed by atoms with E-state index in [2.05, 4.69) is 56.2 Å². The monoisotopic (exact) mass is 284 g/mol. The Morgan fingerprint density at radius 3 is 2.57 bits per heavy atom. The van der Waals surface area contributed by atoms with Crippen LogP contribution in [0.25, 0.3) is 0 Å². The van der Waals surface area contributed by atoms with Crippen LogP contribution < -0.4 is 10.1 Å². The molecule has 0 saturated heterocycles. The maximum Gasteiger partial charge on any atom is 0.132 e. The van der Waals surface area contributed by atoms with Crippen molar-refractivity contribution in [1.82, 2.24) is 4.98 Å². The van der Waals surface area contributed by atoms with Gasteiger partial charge in [0.15, 0.2) is 0 Å². The highest BCUT2D eigenvalue weighted by Crippen LogP contribution is 2.28. The summed E-state index contributed by atoms with van der Waals surface area (Å²) in [5.41, 5.74) is 3.70. The minimum absolute atomic E-state index is 0.159. The second-order valence-corrected chi connectivity index (χ2v) is 6.28. The Morgan fingerprint density at radius 2 is 1.95 bits per heavy atom. The number of pyridine rings is 1. The molecule has 0 atom stereocenters. The van der Waals surface area contributed by atoms with Crippen LogP contribution in [0.5, 0.6) is 5.75 Å². The van der Waals surface area contributed by atoms with Crippen LogP contribution >= 0.6 is 0 Å². The maximum absolute atomic E-state index is 5.95. The molecule has 0 aliphatic rings. The maximum atomic E-state index is 5.95. The Hall–Kier alpha value is -2.03. The zero-order chi connectivity index (χ0) is 15.5. The SMILES string of the molecule is CNc1ncccc1COc1ccc(C(C)(C)C)cc1C. The van der Waals surface area contributed by atoms with Gasteiger partial charge in [-0.3, -0.25) is 0 Å². The fourth-order valence-electron chi connectivity index (χ4n) is 2.21. The van der Waals surface area contributed by atoms with Crippen LogP contribution in [0, 0.1) is 6.92 Å². The summed E-state index contributed by atoms with van der Waals surface area (Å²) < 4.78 is 5.95. The Balaban J connectivity index is 2.14. The fraction of sp³-hybridized carbons (Fsp3) is 0.389. The molecule has 0 amide bonds. The summed E-state index contributed by atoms with van der Waals surface area (Å²) in [5.74, 6) is 1.79. The number of nitrogens with zero attached hydrogens (tertiary/aromatic N) is 1. The molecule has 1 heterocycles. The quantitative estimate of drug-likeness (QED) is 0.908. The minimum atomic E-state index is 0.159. The summed E-state index contributed by atoms with van der Waals surface area (Å²) in [5, 5.41) is 3.08. The number of aryl methyl sites for hydroxylation is 1. The highest BCUT2D eigenvalue weighted by atomic mass is 16.5. The smallest absolute Gasteiger partial charge is 0.132 e. The van der Waals surface area contributed by atoms with Crippen molar-refractivity contribution in [2.75, 3.05) is 12.4 Å². The van der Waals surface area contributed by atoms with Gasteiger partial charge in [-0.05, 0) is 35.6 Å². The number of rotatable bonds is 4. The number of hydrogen-bond donors (Lipinski definition) is 1. The Bertz CT molecular complexity index is 615. The van der Waals surface area contributed by atoms with E-state index in [4.69, 9.17) is 4.74 Å². The topological polar surface area (TPSA) is 34.2 Å². The number of hydrogen-bond acceptors (Lipinski definition) is 3. The van der Waals surface area contributed by atoms with Crippen LogP contribution in [-0.2, 0) is 12.0 Å². The van der Waals surface area contributed by atoms with Gasteiger partial charge in [-0.15, -0.1) is 0 Å². The molecule has 0 fully saturated rings. The van der Waals surface area contributed by atoms with Gasteiger partial charge in [0.05, 0.1) is 0 Å². The molecule has 1 aromatic heterocycles. The Morgan fingerprint density at radius 1 is 1.19 bits per heavy atom. The fourth-order valence-corrected chi connectivity index (χ4v) is 2.21. The first-order valence-electron chi connectivity index (χ1n) is 7.27. The Labute approximate surface area is 127 Å². The molecule has 3 nitrogen and oxygen atoms in total. The molecule has 112 valence electrons.